The number of ketones is 1. The van der Waals surface area contributed by atoms with Crippen LogP contribution in [-0.4, -0.2) is 184 Å². The van der Waals surface area contributed by atoms with Crippen molar-refractivity contribution in [2.75, 3.05) is 95.6 Å². The lowest BCUT2D eigenvalue weighted by Crippen LogP contribution is -2.59. The number of nitrogen functional groups attached to an aromatic ring is 1. The molecule has 0 unspecified atom stereocenters. The lowest BCUT2D eigenvalue weighted by atomic mass is 9.96. The summed E-state index contributed by atoms with van der Waals surface area (Å²) in [5.41, 5.74) is 8.24. The molecule has 2 amide bonds. The number of carbonyl (C=O) groups excluding carboxylic acids is 3. The molecular weight excluding hydrogens is 1030 g/mol. The molecule has 9 rings (SSSR count). The van der Waals surface area contributed by atoms with Gasteiger partial charge in [0.05, 0.1) is 25.4 Å². The summed E-state index contributed by atoms with van der Waals surface area (Å²) in [6.07, 6.45) is 14.5. The molecule has 0 aliphatic carbocycles. The Kier molecular flexibility index (Phi) is 25.5. The molecule has 7 heterocycles. The predicted molar refractivity (Wildman–Crippen MR) is 292 cm³/mol. The van der Waals surface area contributed by atoms with E-state index in [1.54, 1.807) is 6.19 Å². The second kappa shape index (κ2) is 31.4. The Balaban J connectivity index is 0.000000217. The van der Waals surface area contributed by atoms with Crippen LogP contribution in [0.5, 0.6) is 0 Å². The summed E-state index contributed by atoms with van der Waals surface area (Å²) in [6, 6.07) is 17.2. The van der Waals surface area contributed by atoms with Gasteiger partial charge in [-0.1, -0.05) is 59.2 Å². The minimum absolute atomic E-state index is 0. The first-order valence-corrected chi connectivity index (χ1v) is 27.4. The van der Waals surface area contributed by atoms with Gasteiger partial charge in [0, 0.05) is 126 Å². The van der Waals surface area contributed by atoms with Crippen LogP contribution >= 0.6 is 47.4 Å². The molecule has 2 aromatic carbocycles. The minimum atomic E-state index is -0.833. The third kappa shape index (κ3) is 19.8. The zero-order valence-electron chi connectivity index (χ0n) is 42.5. The van der Waals surface area contributed by atoms with Crippen molar-refractivity contribution in [2.45, 2.75) is 114 Å². The van der Waals surface area contributed by atoms with Crippen molar-refractivity contribution in [1.29, 1.82) is 5.26 Å². The maximum absolute atomic E-state index is 12.4. The monoisotopic (exact) mass is 1100 g/mol. The number of likely N-dealkylation sites (tertiary alicyclic amines) is 3. The number of thioether (sulfide) groups is 1. The fourth-order valence-corrected chi connectivity index (χ4v) is 10.7. The number of Topliss-reactive ketones (excluding diaryl/α,β-unsaturated/α-hetero) is 1. The zero-order valence-corrected chi connectivity index (χ0v) is 45.7. The summed E-state index contributed by atoms with van der Waals surface area (Å²) >= 11 is 13.5. The second-order valence-electron chi connectivity index (χ2n) is 19.1. The number of piperidine rings is 4. The molecule has 0 bridgehead atoms. The molecule has 4 atom stereocenters. The van der Waals surface area contributed by atoms with E-state index in [4.69, 9.17) is 53.6 Å². The Morgan fingerprint density at radius 2 is 1.39 bits per heavy atom. The molecular formula is C51H73Cl3N12O7S. The quantitative estimate of drug-likeness (QED) is 0.104. The minimum Gasteiger partial charge on any atom is -0.481 e. The number of carbonyl (C=O) groups is 4. The Morgan fingerprint density at radius 1 is 0.838 bits per heavy atom. The Morgan fingerprint density at radius 3 is 1.89 bits per heavy atom. The first kappa shape index (κ1) is 60.1. The molecule has 19 nitrogen and oxygen atoms in total. The number of carboxylic acids is 1. The number of nitrogens with one attached hydrogen (secondary N) is 2. The molecule has 6 saturated heterocycles. The fourth-order valence-electron chi connectivity index (χ4n) is 9.87. The molecule has 1 aromatic heterocycles. The number of nitriles is 1. The van der Waals surface area contributed by atoms with Crippen LogP contribution in [0.1, 0.15) is 82.3 Å². The summed E-state index contributed by atoms with van der Waals surface area (Å²) in [7, 11) is 0. The first-order chi connectivity index (χ1) is 35.3. The van der Waals surface area contributed by atoms with Crippen LogP contribution in [0.3, 0.4) is 0 Å². The van der Waals surface area contributed by atoms with Crippen LogP contribution < -0.4 is 16.0 Å². The van der Waals surface area contributed by atoms with Crippen molar-refractivity contribution in [1.82, 2.24) is 40.1 Å². The van der Waals surface area contributed by atoms with Crippen LogP contribution in [0.15, 0.2) is 53.5 Å². The average Bonchev–Trinajstić information content (AvgIpc) is 3.83. The molecule has 5 N–H and O–H groups in total. The largest absolute Gasteiger partial charge is 0.481 e. The summed E-state index contributed by atoms with van der Waals surface area (Å²) in [6.45, 7) is 10.4. The number of nitrogens with two attached hydrogens (primary N) is 1. The molecule has 6 fully saturated rings. The molecule has 23 heteroatoms. The van der Waals surface area contributed by atoms with Crippen molar-refractivity contribution in [3.63, 3.8) is 0 Å². The SMILES string of the molecule is CC(=O)O.CSC(=NC#N)N1CCC(=O)CC1.Cl.Nc1nc(N2CCC(N3C[C@H](CN4CCCCC4=O)OC[C@@H]3Cc3ccc(Cl)cc3)CC2)n[nH]1.O=C1CCCCN1C[C@H]1CN[C@@H](Cc2ccc(Cl)cc2)CO1. The third-order valence-electron chi connectivity index (χ3n) is 13.7. The molecule has 6 aliphatic rings. The number of benzene rings is 2. The number of hydrogen-bond donors (Lipinski definition) is 4. The van der Waals surface area contributed by atoms with E-state index in [1.807, 2.05) is 45.2 Å². The fraction of sp³-hybridized carbons (Fsp3) is 0.608. The van der Waals surface area contributed by atoms with Gasteiger partial charge < -0.3 is 45.2 Å². The number of aliphatic carboxylic acids is 1. The van der Waals surface area contributed by atoms with Gasteiger partial charge in [0.2, 0.25) is 29.9 Å². The number of aromatic amines is 1. The zero-order chi connectivity index (χ0) is 52.1. The summed E-state index contributed by atoms with van der Waals surface area (Å²) in [5.74, 6) is 1.04. The average molecular weight is 1100 g/mol. The number of amides is 2. The highest BCUT2D eigenvalue weighted by molar-refractivity contribution is 8.13. The molecule has 0 radical (unpaired) electrons. The first-order valence-electron chi connectivity index (χ1n) is 25.4. The number of ether oxygens (including phenoxy) is 2. The standard InChI is InChI=1S/C24H34ClN7O2.C17H23ClN2O2.C8H11N3OS.C2H4O2.ClH/c25-18-6-4-17(5-7-18)13-20-16-34-21(14-31-10-2-1-3-22(31)33)15-32(20)19-8-11-30(12-9-19)24-27-23(26)28-29-24;18-14-6-4-13(5-7-14)9-15-12-22-16(10-19-15)11-20-8-2-1-3-17(20)21;1-13-8(10-6-9)11-4-2-7(12)3-5-11;1-2(3)4;/h4-7,19-21H,1-3,8-16H2,(H3,26,27,28,29);4-7,15-16,19H,1-3,8-12H2;2-5H2,1H3;1H3,(H,3,4);1H/t20-,21-;15-,16+;;;/m00.../s1. The van der Waals surface area contributed by atoms with Crippen molar-refractivity contribution < 1.29 is 33.8 Å². The van der Waals surface area contributed by atoms with E-state index in [0.717, 1.165) is 119 Å². The van der Waals surface area contributed by atoms with Gasteiger partial charge in [0.25, 0.3) is 5.97 Å². The van der Waals surface area contributed by atoms with E-state index in [0.29, 0.717) is 94.3 Å². The van der Waals surface area contributed by atoms with Gasteiger partial charge in [-0.25, -0.2) is 5.10 Å². The van der Waals surface area contributed by atoms with Crippen molar-refractivity contribution in [2.24, 2.45) is 4.99 Å². The number of anilines is 2. The van der Waals surface area contributed by atoms with Gasteiger partial charge in [0.15, 0.2) is 5.17 Å². The number of aliphatic imine (C=N–C) groups is 1. The topological polar surface area (TPSA) is 239 Å². The molecule has 0 saturated carbocycles. The number of rotatable bonds is 10. The van der Waals surface area contributed by atoms with E-state index in [-0.39, 0.29) is 36.4 Å². The smallest absolute Gasteiger partial charge is 0.300 e. The van der Waals surface area contributed by atoms with Crippen LogP contribution in [0.4, 0.5) is 11.9 Å². The van der Waals surface area contributed by atoms with Crippen LogP contribution in [0.25, 0.3) is 0 Å². The number of halogens is 3. The summed E-state index contributed by atoms with van der Waals surface area (Å²) in [4.78, 5) is 62.9. The summed E-state index contributed by atoms with van der Waals surface area (Å²) in [5, 5.41) is 28.6. The maximum atomic E-state index is 12.4. The molecule has 3 aromatic rings. The second-order valence-corrected chi connectivity index (χ2v) is 20.7. The highest BCUT2D eigenvalue weighted by Gasteiger charge is 2.37. The Hall–Kier alpha value is -4.72. The van der Waals surface area contributed by atoms with Crippen LogP contribution in [0.2, 0.25) is 10.0 Å². The van der Waals surface area contributed by atoms with Crippen LogP contribution in [-0.2, 0) is 41.5 Å². The van der Waals surface area contributed by atoms with Gasteiger partial charge in [0.1, 0.15) is 5.78 Å². The number of aromatic nitrogens is 3. The summed E-state index contributed by atoms with van der Waals surface area (Å²) < 4.78 is 12.3. The van der Waals surface area contributed by atoms with E-state index in [1.165, 1.54) is 22.9 Å². The number of hydrogen-bond acceptors (Lipinski definition) is 15. The normalized spacial score (nSPS) is 23.0. The lowest BCUT2D eigenvalue weighted by molar-refractivity contribution is -0.139. The highest BCUT2D eigenvalue weighted by Crippen LogP contribution is 2.28. The third-order valence-corrected chi connectivity index (χ3v) is 14.9. The van der Waals surface area contributed by atoms with Crippen molar-refractivity contribution in [3.05, 3.63) is 69.7 Å². The Bertz CT molecular complexity index is 2280. The Labute approximate surface area is 455 Å². The molecule has 74 heavy (non-hydrogen) atoms. The number of amidine groups is 1. The maximum Gasteiger partial charge on any atom is 0.300 e. The van der Waals surface area contributed by atoms with Crippen molar-refractivity contribution in [3.8, 4) is 6.19 Å². The van der Waals surface area contributed by atoms with Crippen LogP contribution in [0, 0.1) is 11.5 Å². The van der Waals surface area contributed by atoms with E-state index < -0.39 is 5.97 Å². The van der Waals surface area contributed by atoms with E-state index in [2.05, 4.69) is 59.6 Å². The van der Waals surface area contributed by atoms with Crippen molar-refractivity contribution >= 4 is 88.0 Å². The number of morpholine rings is 2. The molecule has 6 aliphatic heterocycles. The van der Waals surface area contributed by atoms with E-state index in [9.17, 15) is 14.4 Å². The van der Waals surface area contributed by atoms with Gasteiger partial charge in [-0.15, -0.1) is 22.5 Å². The lowest BCUT2D eigenvalue weighted by Gasteiger charge is -2.47. The number of nitrogens with zero attached hydrogens (tertiary/aromatic N) is 9. The number of H-pyrrole nitrogens is 1. The predicted octanol–water partition coefficient (Wildman–Crippen LogP) is 5.95. The molecule has 0 spiro atoms. The van der Waals surface area contributed by atoms with Gasteiger partial charge in [-0.2, -0.15) is 10.2 Å². The number of carboxylic acid groups (broad SMARTS) is 1. The highest BCUT2D eigenvalue weighted by atomic mass is 35.5. The van der Waals surface area contributed by atoms with E-state index >= 15 is 0 Å². The van der Waals surface area contributed by atoms with Gasteiger partial charge >= 0.3 is 0 Å². The molecule has 406 valence electrons. The van der Waals surface area contributed by atoms with Gasteiger partial charge in [-0.05, 0) is 93.0 Å². The van der Waals surface area contributed by atoms with Gasteiger partial charge in [-0.3, -0.25) is 24.1 Å².